The van der Waals surface area contributed by atoms with Crippen LogP contribution in [0.3, 0.4) is 0 Å². The average Bonchev–Trinajstić information content (AvgIpc) is 2.45. The maximum absolute atomic E-state index is 9.28. The van der Waals surface area contributed by atoms with Gasteiger partial charge in [0, 0.05) is 0 Å². The summed E-state index contributed by atoms with van der Waals surface area (Å²) in [5, 5.41) is 9.28. The Morgan fingerprint density at radius 1 is 1.10 bits per heavy atom. The summed E-state index contributed by atoms with van der Waals surface area (Å²) >= 11 is 0. The summed E-state index contributed by atoms with van der Waals surface area (Å²) in [6, 6.07) is 14.2. The van der Waals surface area contributed by atoms with Crippen molar-refractivity contribution in [1.29, 1.82) is 0 Å². The van der Waals surface area contributed by atoms with Crippen molar-refractivity contribution >= 4 is 6.08 Å². The third-order valence-corrected chi connectivity index (χ3v) is 3.45. The van der Waals surface area contributed by atoms with Crippen molar-refractivity contribution in [3.05, 3.63) is 70.8 Å². The van der Waals surface area contributed by atoms with Crippen LogP contribution in [0, 0.1) is 13.8 Å². The third-order valence-electron chi connectivity index (χ3n) is 3.45. The monoisotopic (exact) mass is 282 g/mol. The highest BCUT2D eigenvalue weighted by atomic mass is 16.5. The van der Waals surface area contributed by atoms with Crippen molar-refractivity contribution in [2.75, 3.05) is 0 Å². The van der Waals surface area contributed by atoms with Gasteiger partial charge in [0.2, 0.25) is 0 Å². The van der Waals surface area contributed by atoms with E-state index in [-0.39, 0.29) is 0 Å². The zero-order valence-corrected chi connectivity index (χ0v) is 12.8. The van der Waals surface area contributed by atoms with Gasteiger partial charge in [-0.3, -0.25) is 0 Å². The molecule has 0 radical (unpaired) electrons. The van der Waals surface area contributed by atoms with E-state index in [2.05, 4.69) is 19.1 Å². The van der Waals surface area contributed by atoms with Crippen LogP contribution < -0.4 is 4.74 Å². The number of aliphatic hydroxyl groups excluding tert-OH is 1. The SMILES string of the molecule is Cc1cc(OCc2ccccc2C)ccc1C=CC(C)O. The van der Waals surface area contributed by atoms with E-state index in [1.165, 1.54) is 11.1 Å². The second kappa shape index (κ2) is 7.09. The van der Waals surface area contributed by atoms with Gasteiger partial charge in [0.25, 0.3) is 0 Å². The van der Waals surface area contributed by atoms with E-state index in [9.17, 15) is 5.11 Å². The molecule has 0 fully saturated rings. The lowest BCUT2D eigenvalue weighted by Gasteiger charge is -2.10. The Morgan fingerprint density at radius 3 is 2.52 bits per heavy atom. The number of aliphatic hydroxyl groups is 1. The largest absolute Gasteiger partial charge is 0.489 e. The van der Waals surface area contributed by atoms with Crippen LogP contribution in [-0.4, -0.2) is 11.2 Å². The molecular weight excluding hydrogens is 260 g/mol. The second-order valence-corrected chi connectivity index (χ2v) is 5.33. The quantitative estimate of drug-likeness (QED) is 0.887. The Balaban J connectivity index is 2.05. The summed E-state index contributed by atoms with van der Waals surface area (Å²) in [6.07, 6.45) is 3.28. The zero-order valence-electron chi connectivity index (χ0n) is 12.8. The number of rotatable bonds is 5. The molecule has 0 spiro atoms. The lowest BCUT2D eigenvalue weighted by Crippen LogP contribution is -1.98. The molecule has 0 saturated heterocycles. The maximum atomic E-state index is 9.28. The zero-order chi connectivity index (χ0) is 15.2. The molecule has 2 aromatic rings. The molecule has 0 aromatic heterocycles. The highest BCUT2D eigenvalue weighted by Gasteiger charge is 2.01. The van der Waals surface area contributed by atoms with E-state index in [4.69, 9.17) is 4.74 Å². The molecule has 1 unspecified atom stereocenters. The van der Waals surface area contributed by atoms with E-state index in [0.29, 0.717) is 6.61 Å². The predicted octanol–water partition coefficient (Wildman–Crippen LogP) is 4.28. The lowest BCUT2D eigenvalue weighted by atomic mass is 10.1. The van der Waals surface area contributed by atoms with Crippen LogP contribution >= 0.6 is 0 Å². The fourth-order valence-corrected chi connectivity index (χ4v) is 2.10. The maximum Gasteiger partial charge on any atom is 0.120 e. The average molecular weight is 282 g/mol. The van der Waals surface area contributed by atoms with Crippen LogP contribution in [0.4, 0.5) is 0 Å². The molecular formula is C19H22O2. The first-order valence-electron chi connectivity index (χ1n) is 7.20. The van der Waals surface area contributed by atoms with Gasteiger partial charge in [-0.05, 0) is 55.2 Å². The van der Waals surface area contributed by atoms with Gasteiger partial charge in [0.05, 0.1) is 6.10 Å². The molecule has 21 heavy (non-hydrogen) atoms. The van der Waals surface area contributed by atoms with Crippen LogP contribution in [0.1, 0.15) is 29.2 Å². The van der Waals surface area contributed by atoms with E-state index in [0.717, 1.165) is 16.9 Å². The summed E-state index contributed by atoms with van der Waals surface area (Å²) < 4.78 is 5.86. The minimum atomic E-state index is -0.429. The number of hydrogen-bond donors (Lipinski definition) is 1. The van der Waals surface area contributed by atoms with Crippen molar-refractivity contribution in [3.8, 4) is 5.75 Å². The van der Waals surface area contributed by atoms with Crippen LogP contribution in [0.2, 0.25) is 0 Å². The van der Waals surface area contributed by atoms with Gasteiger partial charge in [-0.15, -0.1) is 0 Å². The second-order valence-electron chi connectivity index (χ2n) is 5.33. The van der Waals surface area contributed by atoms with Crippen molar-refractivity contribution in [2.45, 2.75) is 33.5 Å². The standard InChI is InChI=1S/C19H22O2/c1-14-6-4-5-7-18(14)13-21-19-11-10-17(15(2)12-19)9-8-16(3)20/h4-12,16,20H,13H2,1-3H3. The molecule has 2 rings (SSSR count). The van der Waals surface area contributed by atoms with Crippen LogP contribution in [0.15, 0.2) is 48.5 Å². The first-order chi connectivity index (χ1) is 10.1. The molecule has 0 aliphatic heterocycles. The van der Waals surface area contributed by atoms with E-state index >= 15 is 0 Å². The first kappa shape index (κ1) is 15.3. The molecule has 1 atom stereocenters. The number of hydrogen-bond acceptors (Lipinski definition) is 2. The molecule has 0 amide bonds. The normalized spacial score (nSPS) is 12.6. The Kier molecular flexibility index (Phi) is 5.18. The minimum Gasteiger partial charge on any atom is -0.489 e. The van der Waals surface area contributed by atoms with Gasteiger partial charge in [-0.1, -0.05) is 42.5 Å². The van der Waals surface area contributed by atoms with E-state index < -0.39 is 6.10 Å². The molecule has 1 N–H and O–H groups in total. The molecule has 0 bridgehead atoms. The molecule has 2 nitrogen and oxygen atoms in total. The van der Waals surface area contributed by atoms with Crippen molar-refractivity contribution < 1.29 is 9.84 Å². The Hall–Kier alpha value is -2.06. The van der Waals surface area contributed by atoms with Crippen LogP contribution in [0.25, 0.3) is 6.08 Å². The fraction of sp³-hybridized carbons (Fsp3) is 0.263. The number of ether oxygens (including phenoxy) is 1. The van der Waals surface area contributed by atoms with Gasteiger partial charge >= 0.3 is 0 Å². The summed E-state index contributed by atoms with van der Waals surface area (Å²) in [6.45, 7) is 6.46. The smallest absolute Gasteiger partial charge is 0.120 e. The fourth-order valence-electron chi connectivity index (χ4n) is 2.10. The Bertz CT molecular complexity index is 627. The third kappa shape index (κ3) is 4.47. The Labute approximate surface area is 126 Å². The molecule has 0 saturated carbocycles. The van der Waals surface area contributed by atoms with E-state index in [1.807, 2.05) is 43.3 Å². The van der Waals surface area contributed by atoms with Crippen LogP contribution in [0.5, 0.6) is 5.75 Å². The van der Waals surface area contributed by atoms with Gasteiger partial charge in [-0.2, -0.15) is 0 Å². The first-order valence-corrected chi connectivity index (χ1v) is 7.20. The van der Waals surface area contributed by atoms with Gasteiger partial charge in [0.1, 0.15) is 12.4 Å². The van der Waals surface area contributed by atoms with E-state index in [1.54, 1.807) is 13.0 Å². The van der Waals surface area contributed by atoms with Gasteiger partial charge < -0.3 is 9.84 Å². The topological polar surface area (TPSA) is 29.5 Å². The van der Waals surface area contributed by atoms with Gasteiger partial charge in [0.15, 0.2) is 0 Å². The van der Waals surface area contributed by atoms with Crippen molar-refractivity contribution in [2.24, 2.45) is 0 Å². The molecule has 0 aliphatic rings. The predicted molar refractivity (Wildman–Crippen MR) is 87.4 cm³/mol. The van der Waals surface area contributed by atoms with Gasteiger partial charge in [-0.25, -0.2) is 0 Å². The van der Waals surface area contributed by atoms with Crippen molar-refractivity contribution in [1.82, 2.24) is 0 Å². The highest BCUT2D eigenvalue weighted by Crippen LogP contribution is 2.20. The summed E-state index contributed by atoms with van der Waals surface area (Å²) in [5.74, 6) is 0.866. The van der Waals surface area contributed by atoms with Crippen LogP contribution in [-0.2, 0) is 6.61 Å². The summed E-state index contributed by atoms with van der Waals surface area (Å²) in [4.78, 5) is 0. The molecule has 2 heteroatoms. The summed E-state index contributed by atoms with van der Waals surface area (Å²) in [7, 11) is 0. The molecule has 2 aromatic carbocycles. The molecule has 0 heterocycles. The highest BCUT2D eigenvalue weighted by molar-refractivity contribution is 5.55. The minimum absolute atomic E-state index is 0.429. The number of benzene rings is 2. The lowest BCUT2D eigenvalue weighted by molar-refractivity contribution is 0.245. The summed E-state index contributed by atoms with van der Waals surface area (Å²) in [5.41, 5.74) is 4.67. The van der Waals surface area contributed by atoms with Crippen molar-refractivity contribution in [3.63, 3.8) is 0 Å². The number of aryl methyl sites for hydroxylation is 2. The molecule has 0 aliphatic carbocycles. The Morgan fingerprint density at radius 2 is 1.86 bits per heavy atom. The molecule has 110 valence electrons.